The highest BCUT2D eigenvalue weighted by molar-refractivity contribution is 7.89. The van der Waals surface area contributed by atoms with Gasteiger partial charge in [0.1, 0.15) is 5.82 Å². The lowest BCUT2D eigenvalue weighted by Gasteiger charge is -2.15. The molecular formula is C11H20N4O2S. The second-order valence-corrected chi connectivity index (χ2v) is 6.97. The van der Waals surface area contributed by atoms with Crippen LogP contribution < -0.4 is 5.14 Å². The number of hydrogen-bond donors (Lipinski definition) is 1. The van der Waals surface area contributed by atoms with Crippen LogP contribution >= 0.6 is 0 Å². The topological polar surface area (TPSA) is 90.9 Å². The van der Waals surface area contributed by atoms with Crippen LogP contribution in [-0.4, -0.2) is 23.2 Å². The molecule has 1 fully saturated rings. The quantitative estimate of drug-likeness (QED) is 0.868. The van der Waals surface area contributed by atoms with E-state index >= 15 is 0 Å². The minimum Gasteiger partial charge on any atom is -0.300 e. The minimum absolute atomic E-state index is 0.112. The highest BCUT2D eigenvalue weighted by atomic mass is 32.2. The van der Waals surface area contributed by atoms with Gasteiger partial charge in [-0.2, -0.15) is 0 Å². The van der Waals surface area contributed by atoms with Crippen molar-refractivity contribution in [3.05, 3.63) is 5.82 Å². The molecule has 2 rings (SSSR count). The van der Waals surface area contributed by atoms with Gasteiger partial charge in [-0.1, -0.05) is 20.8 Å². The van der Waals surface area contributed by atoms with E-state index in [9.17, 15) is 8.42 Å². The Hall–Kier alpha value is -0.950. The Balaban J connectivity index is 2.43. The van der Waals surface area contributed by atoms with Crippen molar-refractivity contribution < 1.29 is 8.42 Å². The lowest BCUT2D eigenvalue weighted by atomic mass is 10.1. The van der Waals surface area contributed by atoms with Gasteiger partial charge in [-0.3, -0.25) is 0 Å². The molecule has 0 spiro atoms. The predicted octanol–water partition coefficient (Wildman–Crippen LogP) is 1.10. The van der Waals surface area contributed by atoms with E-state index in [0.717, 1.165) is 5.82 Å². The highest BCUT2D eigenvalue weighted by Gasteiger charge is 2.34. The summed E-state index contributed by atoms with van der Waals surface area (Å²) < 4.78 is 24.7. The fourth-order valence-corrected chi connectivity index (χ4v) is 2.82. The third-order valence-electron chi connectivity index (χ3n) is 3.28. The van der Waals surface area contributed by atoms with Crippen LogP contribution in [0.5, 0.6) is 0 Å². The summed E-state index contributed by atoms with van der Waals surface area (Å²) in [4.78, 5) is 0. The summed E-state index contributed by atoms with van der Waals surface area (Å²) in [5.74, 6) is 1.90. The molecule has 102 valence electrons. The first-order valence-corrected chi connectivity index (χ1v) is 7.81. The summed E-state index contributed by atoms with van der Waals surface area (Å²) in [7, 11) is -3.81. The van der Waals surface area contributed by atoms with E-state index in [-0.39, 0.29) is 11.1 Å². The number of rotatable bonds is 5. The molecule has 0 saturated heterocycles. The van der Waals surface area contributed by atoms with Crippen LogP contribution in [0.1, 0.15) is 45.4 Å². The van der Waals surface area contributed by atoms with Crippen LogP contribution in [0.4, 0.5) is 0 Å². The Morgan fingerprint density at radius 2 is 1.94 bits per heavy atom. The second-order valence-electron chi connectivity index (χ2n) is 5.52. The van der Waals surface area contributed by atoms with Crippen LogP contribution in [0.3, 0.4) is 0 Å². The van der Waals surface area contributed by atoms with Crippen molar-refractivity contribution in [1.82, 2.24) is 14.8 Å². The molecule has 1 aromatic heterocycles. The zero-order chi connectivity index (χ0) is 13.5. The highest BCUT2D eigenvalue weighted by Crippen LogP contribution is 2.41. The molecule has 1 unspecified atom stereocenters. The van der Waals surface area contributed by atoms with E-state index in [0.29, 0.717) is 18.4 Å². The van der Waals surface area contributed by atoms with Gasteiger partial charge in [-0.15, -0.1) is 10.2 Å². The Kier molecular flexibility index (Phi) is 3.46. The third kappa shape index (κ3) is 2.72. The van der Waals surface area contributed by atoms with Gasteiger partial charge in [-0.25, -0.2) is 13.6 Å². The molecule has 1 aliphatic rings. The van der Waals surface area contributed by atoms with Crippen LogP contribution in [-0.2, 0) is 16.6 Å². The fraction of sp³-hybridized carbons (Fsp3) is 0.818. The number of primary sulfonamides is 1. The van der Waals surface area contributed by atoms with Gasteiger partial charge < -0.3 is 4.57 Å². The maximum atomic E-state index is 11.5. The molecule has 18 heavy (non-hydrogen) atoms. The summed E-state index contributed by atoms with van der Waals surface area (Å²) >= 11 is 0. The van der Waals surface area contributed by atoms with Crippen LogP contribution in [0.15, 0.2) is 5.16 Å². The average Bonchev–Trinajstić information content (AvgIpc) is 2.97. The van der Waals surface area contributed by atoms with Gasteiger partial charge in [0, 0.05) is 12.5 Å². The van der Waals surface area contributed by atoms with Crippen molar-refractivity contribution in [3.63, 3.8) is 0 Å². The largest absolute Gasteiger partial charge is 0.300 e. The monoisotopic (exact) mass is 272 g/mol. The Labute approximate surface area is 108 Å². The standard InChI is InChI=1S/C11H20N4O2S/c1-7(2)6-15-10(8(3)9-4-5-9)13-14-11(15)18(12,16)17/h7-9H,4-6H2,1-3H3,(H2,12,16,17). The van der Waals surface area contributed by atoms with Gasteiger partial charge >= 0.3 is 0 Å². The third-order valence-corrected chi connectivity index (χ3v) is 4.10. The normalized spacial score (nSPS) is 18.3. The maximum Gasteiger partial charge on any atom is 0.273 e. The van der Waals surface area contributed by atoms with E-state index in [1.54, 1.807) is 4.57 Å². The molecule has 1 aliphatic carbocycles. The van der Waals surface area contributed by atoms with Gasteiger partial charge in [0.2, 0.25) is 0 Å². The van der Waals surface area contributed by atoms with E-state index in [4.69, 9.17) is 5.14 Å². The molecule has 6 nitrogen and oxygen atoms in total. The summed E-state index contributed by atoms with van der Waals surface area (Å²) in [5.41, 5.74) is 0. The molecule has 1 atom stereocenters. The molecule has 0 amide bonds. The minimum atomic E-state index is -3.81. The SMILES string of the molecule is CC(C)Cn1c(C(C)C2CC2)nnc1S(N)(=O)=O. The zero-order valence-corrected chi connectivity index (χ0v) is 11.8. The van der Waals surface area contributed by atoms with Gasteiger partial charge in [-0.05, 0) is 24.7 Å². The van der Waals surface area contributed by atoms with E-state index < -0.39 is 10.0 Å². The van der Waals surface area contributed by atoms with Gasteiger partial charge in [0.15, 0.2) is 0 Å². The molecular weight excluding hydrogens is 252 g/mol. The Morgan fingerprint density at radius 3 is 2.39 bits per heavy atom. The van der Waals surface area contributed by atoms with Crippen molar-refractivity contribution in [2.45, 2.75) is 51.2 Å². The first-order valence-electron chi connectivity index (χ1n) is 6.26. The van der Waals surface area contributed by atoms with Gasteiger partial charge in [0.25, 0.3) is 15.2 Å². The lowest BCUT2D eigenvalue weighted by Crippen LogP contribution is -2.21. The molecule has 0 radical (unpaired) electrons. The number of aromatic nitrogens is 3. The summed E-state index contributed by atoms with van der Waals surface area (Å²) in [6, 6.07) is 0. The van der Waals surface area contributed by atoms with Crippen LogP contribution in [0, 0.1) is 11.8 Å². The second kappa shape index (κ2) is 4.62. The smallest absolute Gasteiger partial charge is 0.273 e. The lowest BCUT2D eigenvalue weighted by molar-refractivity contribution is 0.451. The predicted molar refractivity (Wildman–Crippen MR) is 67.4 cm³/mol. The number of sulfonamides is 1. The molecule has 7 heteroatoms. The van der Waals surface area contributed by atoms with E-state index in [1.165, 1.54) is 12.8 Å². The first-order chi connectivity index (χ1) is 8.30. The molecule has 1 aromatic rings. The molecule has 2 N–H and O–H groups in total. The molecule has 0 aromatic carbocycles. The van der Waals surface area contributed by atoms with Gasteiger partial charge in [0.05, 0.1) is 0 Å². The van der Waals surface area contributed by atoms with Crippen LogP contribution in [0.25, 0.3) is 0 Å². The van der Waals surface area contributed by atoms with Crippen molar-refractivity contribution in [3.8, 4) is 0 Å². The first kappa shape index (κ1) is 13.5. The number of nitrogens with two attached hydrogens (primary N) is 1. The van der Waals surface area contributed by atoms with Crippen molar-refractivity contribution in [2.75, 3.05) is 0 Å². The summed E-state index contributed by atoms with van der Waals surface area (Å²) in [5, 5.41) is 12.9. The summed E-state index contributed by atoms with van der Waals surface area (Å²) in [6.07, 6.45) is 2.36. The molecule has 0 aliphatic heterocycles. The summed E-state index contributed by atoms with van der Waals surface area (Å²) in [6.45, 7) is 6.70. The molecule has 1 saturated carbocycles. The van der Waals surface area contributed by atoms with Crippen molar-refractivity contribution >= 4 is 10.0 Å². The number of nitrogens with zero attached hydrogens (tertiary/aromatic N) is 3. The zero-order valence-electron chi connectivity index (χ0n) is 11.0. The van der Waals surface area contributed by atoms with E-state index in [2.05, 4.69) is 17.1 Å². The van der Waals surface area contributed by atoms with Crippen molar-refractivity contribution in [1.29, 1.82) is 0 Å². The molecule has 1 heterocycles. The maximum absolute atomic E-state index is 11.5. The Bertz CT molecular complexity index is 531. The fourth-order valence-electron chi connectivity index (χ4n) is 2.19. The van der Waals surface area contributed by atoms with E-state index in [1.807, 2.05) is 13.8 Å². The molecule has 0 bridgehead atoms. The Morgan fingerprint density at radius 1 is 1.33 bits per heavy atom. The number of hydrogen-bond acceptors (Lipinski definition) is 4. The van der Waals surface area contributed by atoms with Crippen LogP contribution in [0.2, 0.25) is 0 Å². The van der Waals surface area contributed by atoms with Crippen molar-refractivity contribution in [2.24, 2.45) is 17.0 Å². The average molecular weight is 272 g/mol.